The summed E-state index contributed by atoms with van der Waals surface area (Å²) in [4.78, 5) is 29.9. The first kappa shape index (κ1) is 12.3. The predicted molar refractivity (Wildman–Crippen MR) is 61.7 cm³/mol. The zero-order valence-corrected chi connectivity index (χ0v) is 10.4. The van der Waals surface area contributed by atoms with E-state index in [0.29, 0.717) is 16.0 Å². The molecule has 0 aliphatic rings. The summed E-state index contributed by atoms with van der Waals surface area (Å²) in [5.74, 6) is -1.07. The van der Waals surface area contributed by atoms with Gasteiger partial charge >= 0.3 is 11.7 Å². The van der Waals surface area contributed by atoms with Gasteiger partial charge < -0.3 is 5.11 Å². The smallest absolute Gasteiger partial charge is 0.343 e. The molecule has 0 aliphatic carbocycles. The molecule has 0 fully saturated rings. The molecule has 0 saturated heterocycles. The van der Waals surface area contributed by atoms with E-state index in [4.69, 9.17) is 5.11 Å². The fraction of sp³-hybridized carbons (Fsp3) is 0.222. The lowest BCUT2D eigenvalue weighted by molar-refractivity contribution is 0.0695. The highest BCUT2D eigenvalue weighted by molar-refractivity contribution is 7.99. The topological polar surface area (TPSA) is 114 Å². The van der Waals surface area contributed by atoms with Crippen molar-refractivity contribution in [2.45, 2.75) is 17.2 Å². The van der Waals surface area contributed by atoms with Gasteiger partial charge in [0.2, 0.25) is 0 Å². The molecule has 2 rings (SSSR count). The Morgan fingerprint density at radius 3 is 2.78 bits per heavy atom. The summed E-state index contributed by atoms with van der Waals surface area (Å²) in [5.41, 5.74) is 0.0761. The van der Waals surface area contributed by atoms with E-state index in [9.17, 15) is 9.59 Å². The van der Waals surface area contributed by atoms with Gasteiger partial charge in [-0.15, -0.1) is 5.10 Å². The first-order chi connectivity index (χ1) is 8.49. The zero-order chi connectivity index (χ0) is 13.3. The minimum atomic E-state index is -1.07. The van der Waals surface area contributed by atoms with Crippen LogP contribution in [0.4, 0.5) is 0 Å². The van der Waals surface area contributed by atoms with Crippen LogP contribution in [0.2, 0.25) is 0 Å². The Morgan fingerprint density at radius 1 is 1.56 bits per heavy atom. The number of aromatic carboxylic acids is 1. The number of aromatic amines is 1. The summed E-state index contributed by atoms with van der Waals surface area (Å²) in [6.45, 7) is 1.58. The third kappa shape index (κ3) is 2.25. The molecule has 0 aromatic carbocycles. The largest absolute Gasteiger partial charge is 0.478 e. The third-order valence-corrected chi connectivity index (χ3v) is 3.14. The number of hydrogen-bond donors (Lipinski definition) is 2. The molecule has 2 aromatic rings. The molecule has 0 atom stereocenters. The van der Waals surface area contributed by atoms with Crippen LogP contribution in [0.15, 0.2) is 21.3 Å². The molecule has 2 aromatic heterocycles. The Kier molecular flexibility index (Phi) is 3.15. The van der Waals surface area contributed by atoms with Gasteiger partial charge in [-0.05, 0) is 18.7 Å². The summed E-state index contributed by atoms with van der Waals surface area (Å²) in [6.07, 6.45) is 1.23. The molecule has 0 spiro atoms. The highest BCUT2D eigenvalue weighted by Crippen LogP contribution is 2.21. The molecule has 0 unspecified atom stereocenters. The van der Waals surface area contributed by atoms with Crippen LogP contribution in [0.5, 0.6) is 0 Å². The number of nitrogens with zero attached hydrogens (tertiary/aromatic N) is 4. The molecule has 0 amide bonds. The summed E-state index contributed by atoms with van der Waals surface area (Å²) in [5, 5.41) is 15.7. The standard InChI is InChI=1S/C9H9N5O3S/c1-4-5(6(15)16)3-10-7(11-4)18-9-13-12-8(17)14(9)2/h3H,1-2H3,(H,12,17)(H,15,16). The fourth-order valence-electron chi connectivity index (χ4n) is 1.21. The second kappa shape index (κ2) is 4.61. The van der Waals surface area contributed by atoms with Crippen molar-refractivity contribution in [2.24, 2.45) is 7.05 Å². The lowest BCUT2D eigenvalue weighted by Gasteiger charge is -2.02. The van der Waals surface area contributed by atoms with Gasteiger partial charge in [0.05, 0.1) is 11.3 Å². The van der Waals surface area contributed by atoms with Crippen LogP contribution < -0.4 is 5.69 Å². The van der Waals surface area contributed by atoms with E-state index in [1.165, 1.54) is 10.8 Å². The van der Waals surface area contributed by atoms with Crippen molar-refractivity contribution in [2.75, 3.05) is 0 Å². The van der Waals surface area contributed by atoms with Gasteiger partial charge in [0.1, 0.15) is 0 Å². The SMILES string of the molecule is Cc1nc(Sc2n[nH]c(=O)n2C)ncc1C(=O)O. The molecule has 0 saturated carbocycles. The number of aromatic nitrogens is 5. The monoisotopic (exact) mass is 267 g/mol. The van der Waals surface area contributed by atoms with Crippen molar-refractivity contribution in [3.8, 4) is 0 Å². The summed E-state index contributed by atoms with van der Waals surface area (Å²) in [6, 6.07) is 0. The van der Waals surface area contributed by atoms with E-state index in [1.807, 2.05) is 0 Å². The van der Waals surface area contributed by atoms with Gasteiger partial charge in [0, 0.05) is 13.2 Å². The summed E-state index contributed by atoms with van der Waals surface area (Å²) in [7, 11) is 1.56. The van der Waals surface area contributed by atoms with E-state index < -0.39 is 5.97 Å². The number of carboxylic acid groups (broad SMARTS) is 1. The molecule has 8 nitrogen and oxygen atoms in total. The molecular formula is C9H9N5O3S. The Morgan fingerprint density at radius 2 is 2.28 bits per heavy atom. The fourth-order valence-corrected chi connectivity index (χ4v) is 1.97. The number of carboxylic acids is 1. The maximum absolute atomic E-state index is 11.2. The molecule has 18 heavy (non-hydrogen) atoms. The number of nitrogens with one attached hydrogen (secondary N) is 1. The molecule has 2 heterocycles. The van der Waals surface area contributed by atoms with Crippen molar-refractivity contribution < 1.29 is 9.90 Å². The summed E-state index contributed by atoms with van der Waals surface area (Å²) >= 11 is 1.08. The van der Waals surface area contributed by atoms with Crippen LogP contribution in [0.3, 0.4) is 0 Å². The number of rotatable bonds is 3. The molecule has 0 aliphatic heterocycles. The van der Waals surface area contributed by atoms with Gasteiger partial charge in [-0.3, -0.25) is 4.57 Å². The molecule has 94 valence electrons. The quantitative estimate of drug-likeness (QED) is 0.755. The first-order valence-corrected chi connectivity index (χ1v) is 5.67. The van der Waals surface area contributed by atoms with Crippen molar-refractivity contribution in [3.05, 3.63) is 27.9 Å². The highest BCUT2D eigenvalue weighted by atomic mass is 32.2. The van der Waals surface area contributed by atoms with E-state index in [2.05, 4.69) is 20.2 Å². The zero-order valence-electron chi connectivity index (χ0n) is 9.54. The number of hydrogen-bond acceptors (Lipinski definition) is 6. The Labute approximate surface area is 105 Å². The highest BCUT2D eigenvalue weighted by Gasteiger charge is 2.13. The maximum Gasteiger partial charge on any atom is 0.343 e. The van der Waals surface area contributed by atoms with E-state index >= 15 is 0 Å². The van der Waals surface area contributed by atoms with Crippen molar-refractivity contribution in [3.63, 3.8) is 0 Å². The van der Waals surface area contributed by atoms with Gasteiger partial charge in [-0.1, -0.05) is 0 Å². The maximum atomic E-state index is 11.2. The van der Waals surface area contributed by atoms with Gasteiger partial charge in [-0.25, -0.2) is 24.7 Å². The normalized spacial score (nSPS) is 10.6. The van der Waals surface area contributed by atoms with E-state index in [0.717, 1.165) is 11.8 Å². The molecule has 2 N–H and O–H groups in total. The molecule has 0 radical (unpaired) electrons. The molecule has 0 bridgehead atoms. The van der Waals surface area contributed by atoms with Crippen LogP contribution in [-0.4, -0.2) is 35.8 Å². The van der Waals surface area contributed by atoms with Gasteiger partial charge in [0.25, 0.3) is 0 Å². The Bertz CT molecular complexity index is 662. The van der Waals surface area contributed by atoms with Crippen LogP contribution in [0, 0.1) is 6.92 Å². The van der Waals surface area contributed by atoms with Crippen molar-refractivity contribution in [1.82, 2.24) is 24.7 Å². The summed E-state index contributed by atoms with van der Waals surface area (Å²) < 4.78 is 1.31. The lowest BCUT2D eigenvalue weighted by atomic mass is 10.2. The Balaban J connectivity index is 2.31. The minimum absolute atomic E-state index is 0.0512. The lowest BCUT2D eigenvalue weighted by Crippen LogP contribution is -2.13. The molecule has 9 heteroatoms. The van der Waals surface area contributed by atoms with Crippen LogP contribution >= 0.6 is 11.8 Å². The van der Waals surface area contributed by atoms with Crippen molar-refractivity contribution >= 4 is 17.7 Å². The number of H-pyrrole nitrogens is 1. The number of carbonyl (C=O) groups is 1. The average molecular weight is 267 g/mol. The minimum Gasteiger partial charge on any atom is -0.478 e. The van der Waals surface area contributed by atoms with E-state index in [-0.39, 0.29) is 11.3 Å². The van der Waals surface area contributed by atoms with Gasteiger partial charge in [0.15, 0.2) is 10.3 Å². The Hall–Kier alpha value is -2.16. The van der Waals surface area contributed by atoms with Gasteiger partial charge in [-0.2, -0.15) is 0 Å². The van der Waals surface area contributed by atoms with Crippen LogP contribution in [0.25, 0.3) is 0 Å². The first-order valence-electron chi connectivity index (χ1n) is 4.85. The second-order valence-corrected chi connectivity index (χ2v) is 4.36. The van der Waals surface area contributed by atoms with Crippen LogP contribution in [0.1, 0.15) is 16.1 Å². The van der Waals surface area contributed by atoms with Crippen LogP contribution in [-0.2, 0) is 7.05 Å². The van der Waals surface area contributed by atoms with E-state index in [1.54, 1.807) is 14.0 Å². The predicted octanol–water partition coefficient (Wildman–Crippen LogP) is 0.0562. The van der Waals surface area contributed by atoms with Crippen molar-refractivity contribution in [1.29, 1.82) is 0 Å². The third-order valence-electron chi connectivity index (χ3n) is 2.21. The average Bonchev–Trinajstić information content (AvgIpc) is 2.61. The number of aryl methyl sites for hydroxylation is 1. The second-order valence-electron chi connectivity index (χ2n) is 3.43. The molecular weight excluding hydrogens is 258 g/mol.